The summed E-state index contributed by atoms with van der Waals surface area (Å²) in [5.74, 6) is -1.16. The van der Waals surface area contributed by atoms with Gasteiger partial charge in [0, 0.05) is 26.2 Å². The van der Waals surface area contributed by atoms with Crippen LogP contribution in [0.25, 0.3) is 0 Å². The summed E-state index contributed by atoms with van der Waals surface area (Å²) in [5.41, 5.74) is 1.57. The van der Waals surface area contributed by atoms with E-state index in [2.05, 4.69) is 5.32 Å². The van der Waals surface area contributed by atoms with Gasteiger partial charge in [0.05, 0.1) is 0 Å². The predicted molar refractivity (Wildman–Crippen MR) is 87.7 cm³/mol. The smallest absolute Gasteiger partial charge is 0.253 e. The molecule has 2 aromatic carbocycles. The van der Waals surface area contributed by atoms with E-state index in [1.54, 1.807) is 38.4 Å². The fourth-order valence-corrected chi connectivity index (χ4v) is 2.15. The van der Waals surface area contributed by atoms with E-state index in [9.17, 15) is 19.1 Å². The first-order chi connectivity index (χ1) is 11.4. The molecular weight excluding hydrogens is 311 g/mol. The van der Waals surface area contributed by atoms with Crippen LogP contribution in [-0.4, -0.2) is 35.9 Å². The number of benzene rings is 2. The highest BCUT2D eigenvalue weighted by Crippen LogP contribution is 2.14. The van der Waals surface area contributed by atoms with Crippen LogP contribution in [0.2, 0.25) is 0 Å². The molecule has 126 valence electrons. The number of carbonyl (C=O) groups excluding carboxylic acids is 2. The minimum absolute atomic E-state index is 0.130. The Hall–Kier alpha value is -2.73. The van der Waals surface area contributed by atoms with Gasteiger partial charge in [-0.1, -0.05) is 24.3 Å². The molecule has 0 spiro atoms. The highest BCUT2D eigenvalue weighted by molar-refractivity contribution is 5.94. The highest BCUT2D eigenvalue weighted by atomic mass is 19.1. The van der Waals surface area contributed by atoms with Crippen molar-refractivity contribution in [3.8, 4) is 0 Å². The van der Waals surface area contributed by atoms with Gasteiger partial charge >= 0.3 is 0 Å². The molecule has 0 aliphatic heterocycles. The largest absolute Gasteiger partial charge is 0.378 e. The number of nitrogens with one attached hydrogen (secondary N) is 1. The third kappa shape index (κ3) is 4.39. The van der Waals surface area contributed by atoms with E-state index in [0.29, 0.717) is 11.1 Å². The Morgan fingerprint density at radius 3 is 2.46 bits per heavy atom. The predicted octanol–water partition coefficient (Wildman–Crippen LogP) is 1.88. The molecule has 0 saturated carbocycles. The molecule has 6 heteroatoms. The average Bonchev–Trinajstić information content (AvgIpc) is 2.59. The maximum Gasteiger partial charge on any atom is 0.253 e. The summed E-state index contributed by atoms with van der Waals surface area (Å²) in [6, 6.07) is 12.0. The average molecular weight is 330 g/mol. The van der Waals surface area contributed by atoms with Gasteiger partial charge in [-0.3, -0.25) is 9.59 Å². The Morgan fingerprint density at radius 1 is 1.17 bits per heavy atom. The summed E-state index contributed by atoms with van der Waals surface area (Å²) < 4.78 is 12.9. The first-order valence-electron chi connectivity index (χ1n) is 7.40. The molecular formula is C18H19FN2O3. The Bertz CT molecular complexity index is 729. The molecule has 0 saturated heterocycles. The Morgan fingerprint density at radius 2 is 1.83 bits per heavy atom. The van der Waals surface area contributed by atoms with Gasteiger partial charge in [-0.2, -0.15) is 0 Å². The molecule has 1 atom stereocenters. The summed E-state index contributed by atoms with van der Waals surface area (Å²) in [7, 11) is 3.33. The monoisotopic (exact) mass is 330 g/mol. The zero-order valence-corrected chi connectivity index (χ0v) is 13.5. The summed E-state index contributed by atoms with van der Waals surface area (Å²) in [6.45, 7) is 0.172. The van der Waals surface area contributed by atoms with Gasteiger partial charge in [-0.25, -0.2) is 4.39 Å². The molecule has 2 aromatic rings. The maximum absolute atomic E-state index is 12.9. The number of carbonyl (C=O) groups is 2. The molecule has 2 amide bonds. The number of hydrogen-bond acceptors (Lipinski definition) is 3. The lowest BCUT2D eigenvalue weighted by Crippen LogP contribution is -2.29. The first kappa shape index (κ1) is 17.6. The molecule has 0 aromatic heterocycles. The molecule has 0 aliphatic carbocycles. The second kappa shape index (κ2) is 7.70. The summed E-state index contributed by atoms with van der Waals surface area (Å²) in [6.07, 6.45) is -1.38. The minimum atomic E-state index is -1.38. The summed E-state index contributed by atoms with van der Waals surface area (Å²) in [4.78, 5) is 25.4. The fourth-order valence-electron chi connectivity index (χ4n) is 2.15. The molecule has 2 N–H and O–H groups in total. The molecule has 5 nitrogen and oxygen atoms in total. The number of hydrogen-bond donors (Lipinski definition) is 2. The quantitative estimate of drug-likeness (QED) is 0.879. The van der Waals surface area contributed by atoms with Crippen molar-refractivity contribution in [1.82, 2.24) is 10.2 Å². The molecule has 2 rings (SSSR count). The van der Waals surface area contributed by atoms with E-state index in [-0.39, 0.29) is 12.5 Å². The second-order valence-corrected chi connectivity index (χ2v) is 5.57. The number of aliphatic hydroxyl groups excluding tert-OH is 1. The van der Waals surface area contributed by atoms with E-state index in [1.165, 1.54) is 29.2 Å². The lowest BCUT2D eigenvalue weighted by molar-refractivity contribution is -0.129. The van der Waals surface area contributed by atoms with Crippen LogP contribution < -0.4 is 5.32 Å². The van der Waals surface area contributed by atoms with Gasteiger partial charge in [0.15, 0.2) is 6.10 Å². The standard InChI is InChI=1S/C18H19FN2O3/c1-21(2)18(24)14-5-3-4-12(10-14)11-20-17(23)16(22)13-6-8-15(19)9-7-13/h3-10,16,22H,11H2,1-2H3,(H,20,23)/t16-/m0/s1. The van der Waals surface area contributed by atoms with Gasteiger partial charge in [-0.15, -0.1) is 0 Å². The van der Waals surface area contributed by atoms with Crippen molar-refractivity contribution in [2.24, 2.45) is 0 Å². The van der Waals surface area contributed by atoms with Crippen molar-refractivity contribution in [2.45, 2.75) is 12.6 Å². The van der Waals surface area contributed by atoms with Crippen LogP contribution in [0.4, 0.5) is 4.39 Å². The van der Waals surface area contributed by atoms with Crippen molar-refractivity contribution >= 4 is 11.8 Å². The zero-order chi connectivity index (χ0) is 17.7. The van der Waals surface area contributed by atoms with Gasteiger partial charge in [0.2, 0.25) is 0 Å². The van der Waals surface area contributed by atoms with Crippen LogP contribution >= 0.6 is 0 Å². The molecule has 0 radical (unpaired) electrons. The van der Waals surface area contributed by atoms with E-state index in [0.717, 1.165) is 5.56 Å². The van der Waals surface area contributed by atoms with Crippen LogP contribution in [0.15, 0.2) is 48.5 Å². The molecule has 0 bridgehead atoms. The zero-order valence-electron chi connectivity index (χ0n) is 13.5. The number of halogens is 1. The molecule has 0 heterocycles. The van der Waals surface area contributed by atoms with E-state index >= 15 is 0 Å². The fraction of sp³-hybridized carbons (Fsp3) is 0.222. The van der Waals surface area contributed by atoms with Crippen molar-refractivity contribution in [2.75, 3.05) is 14.1 Å². The Balaban J connectivity index is 2.00. The molecule has 0 fully saturated rings. The van der Waals surface area contributed by atoms with E-state index in [1.807, 2.05) is 0 Å². The number of amides is 2. The Labute approximate surface area is 139 Å². The lowest BCUT2D eigenvalue weighted by Gasteiger charge is -2.13. The van der Waals surface area contributed by atoms with Crippen LogP contribution in [0.5, 0.6) is 0 Å². The van der Waals surface area contributed by atoms with Gasteiger partial charge in [-0.05, 0) is 35.4 Å². The maximum atomic E-state index is 12.9. The first-order valence-corrected chi connectivity index (χ1v) is 7.40. The third-order valence-corrected chi connectivity index (χ3v) is 3.48. The number of nitrogens with zero attached hydrogens (tertiary/aromatic N) is 1. The van der Waals surface area contributed by atoms with Gasteiger partial charge in [0.1, 0.15) is 5.82 Å². The number of aliphatic hydroxyl groups is 1. The van der Waals surface area contributed by atoms with E-state index < -0.39 is 17.8 Å². The SMILES string of the molecule is CN(C)C(=O)c1cccc(CNC(=O)[C@@H](O)c2ccc(F)cc2)c1. The Kier molecular flexibility index (Phi) is 5.65. The third-order valence-electron chi connectivity index (χ3n) is 3.48. The van der Waals surface area contributed by atoms with Crippen LogP contribution in [-0.2, 0) is 11.3 Å². The summed E-state index contributed by atoms with van der Waals surface area (Å²) >= 11 is 0. The summed E-state index contributed by atoms with van der Waals surface area (Å²) in [5, 5.41) is 12.6. The van der Waals surface area contributed by atoms with Gasteiger partial charge in [0.25, 0.3) is 11.8 Å². The highest BCUT2D eigenvalue weighted by Gasteiger charge is 2.17. The normalized spacial score (nSPS) is 11.7. The molecule has 24 heavy (non-hydrogen) atoms. The van der Waals surface area contributed by atoms with Crippen molar-refractivity contribution in [3.05, 3.63) is 71.0 Å². The topological polar surface area (TPSA) is 69.6 Å². The molecule has 0 unspecified atom stereocenters. The second-order valence-electron chi connectivity index (χ2n) is 5.57. The lowest BCUT2D eigenvalue weighted by atomic mass is 10.1. The van der Waals surface area contributed by atoms with Crippen molar-refractivity contribution in [3.63, 3.8) is 0 Å². The van der Waals surface area contributed by atoms with Crippen molar-refractivity contribution in [1.29, 1.82) is 0 Å². The van der Waals surface area contributed by atoms with Crippen LogP contribution in [0.3, 0.4) is 0 Å². The number of rotatable bonds is 5. The van der Waals surface area contributed by atoms with E-state index in [4.69, 9.17) is 0 Å². The minimum Gasteiger partial charge on any atom is -0.378 e. The molecule has 0 aliphatic rings. The van der Waals surface area contributed by atoms with Crippen molar-refractivity contribution < 1.29 is 19.1 Å². The van der Waals surface area contributed by atoms with Crippen LogP contribution in [0.1, 0.15) is 27.6 Å². The van der Waals surface area contributed by atoms with Gasteiger partial charge < -0.3 is 15.3 Å². The van der Waals surface area contributed by atoms with Crippen LogP contribution in [0, 0.1) is 5.82 Å².